The van der Waals surface area contributed by atoms with Crippen LogP contribution in [0.5, 0.6) is 23.0 Å². The van der Waals surface area contributed by atoms with Crippen LogP contribution in [-0.2, 0) is 16.0 Å². The number of carbonyl (C=O) groups is 2. The number of aryl methyl sites for hydroxylation is 1. The molecule has 0 atom stereocenters. The number of hydrogen-bond acceptors (Lipinski definition) is 6. The van der Waals surface area contributed by atoms with E-state index in [9.17, 15) is 14.7 Å². The molecule has 0 unspecified atom stereocenters. The summed E-state index contributed by atoms with van der Waals surface area (Å²) in [4.78, 5) is 30.5. The van der Waals surface area contributed by atoms with Crippen LogP contribution in [0.25, 0.3) is 0 Å². The number of rotatable bonds is 14. The Labute approximate surface area is 230 Å². The number of amides is 2. The van der Waals surface area contributed by atoms with E-state index < -0.39 is 0 Å². The molecule has 39 heavy (non-hydrogen) atoms. The number of ether oxygens (including phenoxy) is 3. The molecule has 0 aromatic heterocycles. The summed E-state index contributed by atoms with van der Waals surface area (Å²) in [5, 5.41) is 9.75. The molecule has 208 valence electrons. The Morgan fingerprint density at radius 3 is 2.03 bits per heavy atom. The van der Waals surface area contributed by atoms with Crippen LogP contribution < -0.4 is 24.0 Å². The number of phenolic OH excluding ortho intramolecular Hbond substituents is 1. The number of benzene rings is 3. The van der Waals surface area contributed by atoms with Crippen molar-refractivity contribution >= 4 is 23.2 Å². The minimum absolute atomic E-state index is 0.125. The van der Waals surface area contributed by atoms with Gasteiger partial charge in [-0.1, -0.05) is 31.9 Å². The van der Waals surface area contributed by atoms with E-state index in [-0.39, 0.29) is 30.5 Å². The van der Waals surface area contributed by atoms with Crippen molar-refractivity contribution in [3.05, 3.63) is 72.3 Å². The molecule has 0 bridgehead atoms. The van der Waals surface area contributed by atoms with Gasteiger partial charge in [0.25, 0.3) is 0 Å². The zero-order chi connectivity index (χ0) is 28.2. The fourth-order valence-electron chi connectivity index (χ4n) is 4.27. The van der Waals surface area contributed by atoms with E-state index in [0.29, 0.717) is 35.8 Å². The van der Waals surface area contributed by atoms with Crippen molar-refractivity contribution in [1.29, 1.82) is 0 Å². The van der Waals surface area contributed by atoms with Gasteiger partial charge in [-0.25, -0.2) is 0 Å². The van der Waals surface area contributed by atoms with Crippen LogP contribution in [0.15, 0.2) is 66.7 Å². The lowest BCUT2D eigenvalue weighted by atomic mass is 10.1. The van der Waals surface area contributed by atoms with Crippen molar-refractivity contribution in [2.24, 2.45) is 0 Å². The van der Waals surface area contributed by atoms with Crippen molar-refractivity contribution in [1.82, 2.24) is 0 Å². The van der Waals surface area contributed by atoms with Gasteiger partial charge in [0, 0.05) is 30.4 Å². The SMILES string of the molecule is CCCCCN(C(=O)CN(C(=O)CCc1ccc(OC)cc1)c1ccc(OC)c(OC)c1)c1ccc(O)cc1. The molecule has 0 saturated heterocycles. The second-order valence-corrected chi connectivity index (χ2v) is 9.14. The van der Waals surface area contributed by atoms with Crippen LogP contribution in [0.1, 0.15) is 38.2 Å². The summed E-state index contributed by atoms with van der Waals surface area (Å²) in [6, 6.07) is 19.3. The molecule has 0 saturated carbocycles. The summed E-state index contributed by atoms with van der Waals surface area (Å²) in [6.07, 6.45) is 3.54. The first-order valence-electron chi connectivity index (χ1n) is 13.1. The number of phenols is 1. The molecule has 0 aliphatic carbocycles. The number of anilines is 2. The van der Waals surface area contributed by atoms with Crippen molar-refractivity contribution < 1.29 is 28.9 Å². The molecular weight excluding hydrogens is 496 g/mol. The molecule has 0 spiro atoms. The highest BCUT2D eigenvalue weighted by Crippen LogP contribution is 2.32. The summed E-state index contributed by atoms with van der Waals surface area (Å²) >= 11 is 0. The smallest absolute Gasteiger partial charge is 0.247 e. The number of hydrogen-bond donors (Lipinski definition) is 1. The van der Waals surface area contributed by atoms with E-state index in [1.54, 1.807) is 61.6 Å². The topological polar surface area (TPSA) is 88.5 Å². The first kappa shape index (κ1) is 29.4. The molecule has 0 aliphatic rings. The van der Waals surface area contributed by atoms with Crippen LogP contribution in [0.3, 0.4) is 0 Å². The number of methoxy groups -OCH3 is 3. The predicted molar refractivity (Wildman–Crippen MR) is 153 cm³/mol. The third kappa shape index (κ3) is 8.14. The highest BCUT2D eigenvalue weighted by molar-refractivity contribution is 6.04. The Balaban J connectivity index is 1.88. The molecule has 0 fully saturated rings. The second-order valence-electron chi connectivity index (χ2n) is 9.14. The van der Waals surface area contributed by atoms with E-state index in [1.807, 2.05) is 24.3 Å². The lowest BCUT2D eigenvalue weighted by Gasteiger charge is -2.28. The fourth-order valence-corrected chi connectivity index (χ4v) is 4.27. The number of carbonyl (C=O) groups excluding carboxylic acids is 2. The highest BCUT2D eigenvalue weighted by Gasteiger charge is 2.24. The van der Waals surface area contributed by atoms with Crippen LogP contribution in [0, 0.1) is 0 Å². The van der Waals surface area contributed by atoms with E-state index in [1.165, 1.54) is 12.0 Å². The maximum Gasteiger partial charge on any atom is 0.247 e. The largest absolute Gasteiger partial charge is 0.508 e. The Bertz CT molecular complexity index is 1210. The quantitative estimate of drug-likeness (QED) is 0.271. The molecule has 2 amide bonds. The van der Waals surface area contributed by atoms with Crippen molar-refractivity contribution in [2.45, 2.75) is 39.0 Å². The van der Waals surface area contributed by atoms with Gasteiger partial charge in [0.1, 0.15) is 18.0 Å². The van der Waals surface area contributed by atoms with Gasteiger partial charge in [0.15, 0.2) is 11.5 Å². The Morgan fingerprint density at radius 1 is 0.744 bits per heavy atom. The van der Waals surface area contributed by atoms with Gasteiger partial charge >= 0.3 is 0 Å². The third-order valence-corrected chi connectivity index (χ3v) is 6.51. The van der Waals surface area contributed by atoms with Crippen molar-refractivity contribution in [2.75, 3.05) is 44.2 Å². The normalized spacial score (nSPS) is 10.6. The van der Waals surface area contributed by atoms with E-state index in [2.05, 4.69) is 6.92 Å². The summed E-state index contributed by atoms with van der Waals surface area (Å²) < 4.78 is 16.0. The summed E-state index contributed by atoms with van der Waals surface area (Å²) in [6.45, 7) is 2.47. The molecule has 1 N–H and O–H groups in total. The second kappa shape index (κ2) is 14.7. The minimum Gasteiger partial charge on any atom is -0.508 e. The van der Waals surface area contributed by atoms with E-state index in [0.717, 1.165) is 30.6 Å². The van der Waals surface area contributed by atoms with E-state index in [4.69, 9.17) is 14.2 Å². The number of aromatic hydroxyl groups is 1. The van der Waals surface area contributed by atoms with Crippen molar-refractivity contribution in [3.8, 4) is 23.0 Å². The maximum absolute atomic E-state index is 13.7. The van der Waals surface area contributed by atoms with Gasteiger partial charge in [-0.15, -0.1) is 0 Å². The van der Waals surface area contributed by atoms with Gasteiger partial charge in [-0.2, -0.15) is 0 Å². The van der Waals surface area contributed by atoms with Gasteiger partial charge in [0.05, 0.1) is 21.3 Å². The maximum atomic E-state index is 13.7. The summed E-state index contributed by atoms with van der Waals surface area (Å²) in [5.41, 5.74) is 2.21. The molecule has 8 nitrogen and oxygen atoms in total. The van der Waals surface area contributed by atoms with Crippen molar-refractivity contribution in [3.63, 3.8) is 0 Å². The van der Waals surface area contributed by atoms with Gasteiger partial charge in [-0.05, 0) is 66.9 Å². The minimum atomic E-state index is -0.218. The zero-order valence-corrected chi connectivity index (χ0v) is 23.2. The number of nitrogens with zero attached hydrogens (tertiary/aromatic N) is 2. The molecule has 3 aromatic carbocycles. The first-order valence-corrected chi connectivity index (χ1v) is 13.1. The van der Waals surface area contributed by atoms with Gasteiger partial charge < -0.3 is 29.1 Å². The van der Waals surface area contributed by atoms with Crippen LogP contribution in [-0.4, -0.2) is 51.3 Å². The predicted octanol–water partition coefficient (Wildman–Crippen LogP) is 5.61. The molecule has 3 aromatic rings. The molecule has 3 rings (SSSR count). The van der Waals surface area contributed by atoms with Gasteiger partial charge in [0.2, 0.25) is 11.8 Å². The average molecular weight is 535 g/mol. The van der Waals surface area contributed by atoms with Gasteiger partial charge in [-0.3, -0.25) is 9.59 Å². The molecule has 0 heterocycles. The average Bonchev–Trinajstić information content (AvgIpc) is 2.97. The molecule has 0 aliphatic heterocycles. The van der Waals surface area contributed by atoms with Crippen LogP contribution >= 0.6 is 0 Å². The van der Waals surface area contributed by atoms with Crippen LogP contribution in [0.2, 0.25) is 0 Å². The van der Waals surface area contributed by atoms with E-state index >= 15 is 0 Å². The summed E-state index contributed by atoms with van der Waals surface area (Å²) in [5.74, 6) is 1.47. The lowest BCUT2D eigenvalue weighted by molar-refractivity contribution is -0.122. The highest BCUT2D eigenvalue weighted by atomic mass is 16.5. The Hall–Kier alpha value is -4.20. The summed E-state index contributed by atoms with van der Waals surface area (Å²) in [7, 11) is 4.69. The zero-order valence-electron chi connectivity index (χ0n) is 23.2. The lowest BCUT2D eigenvalue weighted by Crippen LogP contribution is -2.43. The molecular formula is C31H38N2O6. The number of unbranched alkanes of at least 4 members (excludes halogenated alkanes) is 2. The van der Waals surface area contributed by atoms with Crippen LogP contribution in [0.4, 0.5) is 11.4 Å². The fraction of sp³-hybridized carbons (Fsp3) is 0.355. The Morgan fingerprint density at radius 2 is 1.41 bits per heavy atom. The monoisotopic (exact) mass is 534 g/mol. The Kier molecular flexibility index (Phi) is 11.0. The molecule has 0 radical (unpaired) electrons. The third-order valence-electron chi connectivity index (χ3n) is 6.51. The molecule has 8 heteroatoms. The standard InChI is InChI=1S/C31H38N2O6/c1-5-6-7-20-32(24-11-14-26(34)15-12-24)31(36)22-33(25-13-18-28(38-3)29(21-25)39-4)30(35)19-10-23-8-16-27(37-2)17-9-23/h8-9,11-18,21,34H,5-7,10,19-20,22H2,1-4H3. The first-order chi connectivity index (χ1) is 18.9.